The third-order valence-corrected chi connectivity index (χ3v) is 6.82. The van der Waals surface area contributed by atoms with Gasteiger partial charge in [-0.3, -0.25) is 0 Å². The van der Waals surface area contributed by atoms with E-state index in [0.717, 1.165) is 5.56 Å². The van der Waals surface area contributed by atoms with E-state index in [1.165, 1.54) is 59.8 Å². The molecule has 0 saturated heterocycles. The van der Waals surface area contributed by atoms with Gasteiger partial charge in [0.25, 0.3) is 0 Å². The lowest BCUT2D eigenvalue weighted by atomic mass is 9.84. The smallest absolute Gasteiger partial charge is 0.115 e. The summed E-state index contributed by atoms with van der Waals surface area (Å²) in [6.07, 6.45) is 5.40. The van der Waals surface area contributed by atoms with Gasteiger partial charge in [0.1, 0.15) is 6.33 Å². The van der Waals surface area contributed by atoms with E-state index in [9.17, 15) is 0 Å². The van der Waals surface area contributed by atoms with Crippen molar-refractivity contribution in [1.29, 1.82) is 0 Å². The van der Waals surface area contributed by atoms with Crippen LogP contribution in [0.25, 0.3) is 65.3 Å². The largest absolute Gasteiger partial charge is 0.244 e. The Morgan fingerprint density at radius 2 is 0.882 bits per heavy atom. The van der Waals surface area contributed by atoms with Crippen LogP contribution in [0.5, 0.6) is 0 Å². The second kappa shape index (κ2) is 7.50. The fraction of sp³-hybridized carbons (Fsp3) is 0. The molecule has 0 radical (unpaired) electrons. The van der Waals surface area contributed by atoms with Crippen molar-refractivity contribution in [3.8, 4) is 22.3 Å². The zero-order valence-electron chi connectivity index (χ0n) is 18.4. The Morgan fingerprint density at radius 1 is 0.412 bits per heavy atom. The topological polar surface area (TPSA) is 25.8 Å². The van der Waals surface area contributed by atoms with Crippen molar-refractivity contribution in [3.05, 3.63) is 122 Å². The van der Waals surface area contributed by atoms with Crippen LogP contribution in [0.3, 0.4) is 0 Å². The summed E-state index contributed by atoms with van der Waals surface area (Å²) in [4.78, 5) is 8.64. The summed E-state index contributed by atoms with van der Waals surface area (Å²) in [5.41, 5.74) is 4.75. The molecule has 0 aliphatic heterocycles. The molecule has 0 spiro atoms. The Morgan fingerprint density at radius 3 is 1.50 bits per heavy atom. The predicted octanol–water partition coefficient (Wildman–Crippen LogP) is 8.42. The van der Waals surface area contributed by atoms with Crippen LogP contribution in [0.4, 0.5) is 0 Å². The van der Waals surface area contributed by atoms with E-state index in [1.54, 1.807) is 6.33 Å². The summed E-state index contributed by atoms with van der Waals surface area (Å²) in [7, 11) is 0. The molecular formula is C32H20N2. The molecular weight excluding hydrogens is 412 g/mol. The van der Waals surface area contributed by atoms with Crippen LogP contribution < -0.4 is 0 Å². The SMILES string of the molecule is c1ccc2c(c1)cc(-c1c3ccccc3c(-c3cncnc3)c3ccccc13)c1ccccc12. The van der Waals surface area contributed by atoms with Crippen LogP contribution in [0, 0.1) is 0 Å². The maximum Gasteiger partial charge on any atom is 0.115 e. The lowest BCUT2D eigenvalue weighted by molar-refractivity contribution is 1.17. The maximum absolute atomic E-state index is 4.32. The maximum atomic E-state index is 4.32. The third kappa shape index (κ3) is 2.76. The lowest BCUT2D eigenvalue weighted by Gasteiger charge is -2.19. The van der Waals surface area contributed by atoms with Crippen LogP contribution in [0.2, 0.25) is 0 Å². The van der Waals surface area contributed by atoms with Gasteiger partial charge < -0.3 is 0 Å². The number of fused-ring (bicyclic) bond motifs is 5. The molecule has 158 valence electrons. The molecule has 0 N–H and O–H groups in total. The molecule has 2 heteroatoms. The van der Waals surface area contributed by atoms with Crippen LogP contribution in [-0.2, 0) is 0 Å². The molecule has 7 rings (SSSR count). The second-order valence-electron chi connectivity index (χ2n) is 8.66. The minimum Gasteiger partial charge on any atom is -0.244 e. The Hall–Kier alpha value is -4.56. The summed E-state index contributed by atoms with van der Waals surface area (Å²) >= 11 is 0. The van der Waals surface area contributed by atoms with Gasteiger partial charge in [-0.1, -0.05) is 97.1 Å². The fourth-order valence-corrected chi connectivity index (χ4v) is 5.42. The summed E-state index contributed by atoms with van der Waals surface area (Å²) in [5, 5.41) is 9.99. The Kier molecular flexibility index (Phi) is 4.18. The fourth-order valence-electron chi connectivity index (χ4n) is 5.42. The first-order valence-corrected chi connectivity index (χ1v) is 11.5. The molecule has 1 heterocycles. The van der Waals surface area contributed by atoms with Crippen LogP contribution in [-0.4, -0.2) is 9.97 Å². The molecule has 6 aromatic carbocycles. The number of benzene rings is 6. The van der Waals surface area contributed by atoms with E-state index in [0.29, 0.717) is 0 Å². The van der Waals surface area contributed by atoms with E-state index in [2.05, 4.69) is 113 Å². The van der Waals surface area contributed by atoms with Crippen molar-refractivity contribution in [1.82, 2.24) is 9.97 Å². The van der Waals surface area contributed by atoms with Gasteiger partial charge >= 0.3 is 0 Å². The van der Waals surface area contributed by atoms with Gasteiger partial charge in [-0.15, -0.1) is 0 Å². The highest BCUT2D eigenvalue weighted by molar-refractivity contribution is 6.25. The van der Waals surface area contributed by atoms with Crippen LogP contribution in [0.1, 0.15) is 0 Å². The predicted molar refractivity (Wildman–Crippen MR) is 143 cm³/mol. The summed E-state index contributed by atoms with van der Waals surface area (Å²) in [6, 6.07) is 37.2. The molecule has 0 aliphatic carbocycles. The molecule has 7 aromatic rings. The first-order chi connectivity index (χ1) is 16.9. The zero-order chi connectivity index (χ0) is 22.5. The zero-order valence-corrected chi connectivity index (χ0v) is 18.4. The van der Waals surface area contributed by atoms with Gasteiger partial charge in [-0.05, 0) is 60.3 Å². The van der Waals surface area contributed by atoms with E-state index >= 15 is 0 Å². The number of hydrogen-bond acceptors (Lipinski definition) is 2. The highest BCUT2D eigenvalue weighted by Crippen LogP contribution is 2.46. The molecule has 0 amide bonds. The minimum atomic E-state index is 1.03. The van der Waals surface area contributed by atoms with Gasteiger partial charge in [-0.25, -0.2) is 9.97 Å². The van der Waals surface area contributed by atoms with Gasteiger partial charge in [0.05, 0.1) is 0 Å². The number of hydrogen-bond donors (Lipinski definition) is 0. The first-order valence-electron chi connectivity index (χ1n) is 11.5. The molecule has 0 aliphatic rings. The Labute approximate surface area is 197 Å². The highest BCUT2D eigenvalue weighted by atomic mass is 14.8. The summed E-state index contributed by atoms with van der Waals surface area (Å²) < 4.78 is 0. The summed E-state index contributed by atoms with van der Waals surface area (Å²) in [5.74, 6) is 0. The lowest BCUT2D eigenvalue weighted by Crippen LogP contribution is -1.92. The summed E-state index contributed by atoms with van der Waals surface area (Å²) in [6.45, 7) is 0. The van der Waals surface area contributed by atoms with E-state index in [-0.39, 0.29) is 0 Å². The molecule has 0 atom stereocenters. The van der Waals surface area contributed by atoms with Crippen molar-refractivity contribution in [3.63, 3.8) is 0 Å². The number of nitrogens with zero attached hydrogens (tertiary/aromatic N) is 2. The first kappa shape index (κ1) is 19.0. The Balaban J connectivity index is 1.72. The number of rotatable bonds is 2. The van der Waals surface area contributed by atoms with E-state index in [1.807, 2.05) is 12.4 Å². The monoisotopic (exact) mass is 432 g/mol. The molecule has 0 unspecified atom stereocenters. The van der Waals surface area contributed by atoms with Crippen LogP contribution >= 0.6 is 0 Å². The van der Waals surface area contributed by atoms with Gasteiger partial charge in [0.2, 0.25) is 0 Å². The Bertz CT molecular complexity index is 1800. The van der Waals surface area contributed by atoms with Gasteiger partial charge in [0.15, 0.2) is 0 Å². The molecule has 0 fully saturated rings. The van der Waals surface area contributed by atoms with Crippen molar-refractivity contribution in [2.24, 2.45) is 0 Å². The van der Waals surface area contributed by atoms with Gasteiger partial charge in [-0.2, -0.15) is 0 Å². The highest BCUT2D eigenvalue weighted by Gasteiger charge is 2.18. The average Bonchev–Trinajstić information content (AvgIpc) is 2.92. The average molecular weight is 433 g/mol. The molecule has 0 bridgehead atoms. The number of aromatic nitrogens is 2. The van der Waals surface area contributed by atoms with Crippen molar-refractivity contribution >= 4 is 43.1 Å². The molecule has 2 nitrogen and oxygen atoms in total. The molecule has 1 aromatic heterocycles. The quantitative estimate of drug-likeness (QED) is 0.202. The van der Waals surface area contributed by atoms with Crippen LogP contribution in [0.15, 0.2) is 122 Å². The standard InChI is InChI=1S/C32H20N2/c1-2-10-23-21(9-1)17-30(25-12-4-3-11-24(23)25)32-28-15-7-5-13-26(28)31(22-18-33-20-34-19-22)27-14-6-8-16-29(27)32/h1-20H. The van der Waals surface area contributed by atoms with E-state index < -0.39 is 0 Å². The van der Waals surface area contributed by atoms with E-state index in [4.69, 9.17) is 0 Å². The van der Waals surface area contributed by atoms with Crippen molar-refractivity contribution in [2.45, 2.75) is 0 Å². The third-order valence-electron chi connectivity index (χ3n) is 6.82. The molecule has 34 heavy (non-hydrogen) atoms. The van der Waals surface area contributed by atoms with Gasteiger partial charge in [0, 0.05) is 23.5 Å². The second-order valence-corrected chi connectivity index (χ2v) is 8.66. The van der Waals surface area contributed by atoms with Crippen molar-refractivity contribution in [2.75, 3.05) is 0 Å². The normalized spacial score (nSPS) is 11.5. The molecule has 0 saturated carbocycles. The van der Waals surface area contributed by atoms with Crippen molar-refractivity contribution < 1.29 is 0 Å². The minimum absolute atomic E-state index is 1.03.